The zero-order valence-corrected chi connectivity index (χ0v) is 13.2. The van der Waals surface area contributed by atoms with E-state index in [1.165, 1.54) is 29.2 Å². The van der Waals surface area contributed by atoms with Crippen LogP contribution in [0.5, 0.6) is 0 Å². The number of hydrogen-bond donors (Lipinski definition) is 1. The van der Waals surface area contributed by atoms with Gasteiger partial charge in [0.1, 0.15) is 11.7 Å². The van der Waals surface area contributed by atoms with E-state index in [1.807, 2.05) is 0 Å². The molecule has 4 nitrogen and oxygen atoms in total. The number of fused-ring (bicyclic) bond motifs is 1. The van der Waals surface area contributed by atoms with Crippen molar-refractivity contribution in [1.82, 2.24) is 10.2 Å². The van der Waals surface area contributed by atoms with Crippen molar-refractivity contribution < 1.29 is 9.18 Å². The van der Waals surface area contributed by atoms with Gasteiger partial charge in [-0.05, 0) is 24.3 Å². The van der Waals surface area contributed by atoms with Crippen molar-refractivity contribution in [3.8, 4) is 0 Å². The number of nitrogens with one attached hydrogen (secondary N) is 1. The summed E-state index contributed by atoms with van der Waals surface area (Å²) in [4.78, 5) is 17.4. The van der Waals surface area contributed by atoms with E-state index >= 15 is 0 Å². The first-order valence-corrected chi connectivity index (χ1v) is 7.36. The van der Waals surface area contributed by atoms with Crippen LogP contribution in [0.4, 0.5) is 9.18 Å². The molecular weight excluding hydrogens is 352 g/mol. The predicted molar refractivity (Wildman–Crippen MR) is 84.5 cm³/mol. The maximum absolute atomic E-state index is 13.2. The first-order valence-electron chi connectivity index (χ1n) is 6.22. The van der Waals surface area contributed by atoms with Gasteiger partial charge in [0.15, 0.2) is 5.66 Å². The van der Waals surface area contributed by atoms with E-state index in [2.05, 4.69) is 10.3 Å². The van der Waals surface area contributed by atoms with Crippen molar-refractivity contribution in [2.75, 3.05) is 0 Å². The molecule has 2 aliphatic rings. The molecule has 0 fully saturated rings. The van der Waals surface area contributed by atoms with E-state index in [0.29, 0.717) is 11.4 Å². The lowest BCUT2D eigenvalue weighted by atomic mass is 9.96. The molecule has 1 aromatic rings. The lowest BCUT2D eigenvalue weighted by Crippen LogP contribution is -2.67. The Morgan fingerprint density at radius 3 is 2.50 bits per heavy atom. The zero-order chi connectivity index (χ0) is 16.0. The van der Waals surface area contributed by atoms with Gasteiger partial charge in [-0.2, -0.15) is 4.99 Å². The van der Waals surface area contributed by atoms with Crippen molar-refractivity contribution >= 4 is 46.7 Å². The first-order chi connectivity index (χ1) is 10.3. The number of amides is 2. The van der Waals surface area contributed by atoms with Crippen LogP contribution in [0.2, 0.25) is 0 Å². The molecule has 2 heterocycles. The van der Waals surface area contributed by atoms with Crippen molar-refractivity contribution in [2.45, 2.75) is 9.46 Å². The van der Waals surface area contributed by atoms with Gasteiger partial charge >= 0.3 is 6.03 Å². The van der Waals surface area contributed by atoms with Gasteiger partial charge in [-0.3, -0.25) is 0 Å². The van der Waals surface area contributed by atoms with Gasteiger partial charge < -0.3 is 10.2 Å². The minimum absolute atomic E-state index is 0.321. The first kappa shape index (κ1) is 15.3. The minimum Gasteiger partial charge on any atom is -0.305 e. The van der Waals surface area contributed by atoms with E-state index in [9.17, 15) is 9.18 Å². The van der Waals surface area contributed by atoms with Gasteiger partial charge in [0.25, 0.3) is 0 Å². The fraction of sp³-hybridized carbons (Fsp3) is 0.143. The highest BCUT2D eigenvalue weighted by atomic mass is 35.6. The molecule has 2 aliphatic heterocycles. The maximum Gasteiger partial charge on any atom is 0.345 e. The maximum atomic E-state index is 13.2. The number of carbonyl (C=O) groups excluding carboxylic acids is 1. The van der Waals surface area contributed by atoms with Crippen LogP contribution in [0.3, 0.4) is 0 Å². The second kappa shape index (κ2) is 5.26. The van der Waals surface area contributed by atoms with Crippen molar-refractivity contribution in [3.63, 3.8) is 0 Å². The molecule has 0 saturated carbocycles. The molecule has 0 spiro atoms. The SMILES string of the molecule is O=C1N=C2C=CC=CN2[C@](c2ccc(F)cc2)(C(Cl)(Cl)Cl)N1. The van der Waals surface area contributed by atoms with Crippen molar-refractivity contribution in [3.05, 3.63) is 60.1 Å². The number of carbonyl (C=O) groups is 1. The molecule has 1 N–H and O–H groups in total. The normalized spacial score (nSPS) is 23.9. The molecule has 114 valence electrons. The number of hydrogen-bond acceptors (Lipinski definition) is 2. The number of amidine groups is 1. The highest BCUT2D eigenvalue weighted by Crippen LogP contribution is 2.49. The van der Waals surface area contributed by atoms with E-state index in [1.54, 1.807) is 24.4 Å². The van der Waals surface area contributed by atoms with Crippen LogP contribution in [-0.2, 0) is 5.66 Å². The molecule has 0 saturated heterocycles. The Morgan fingerprint density at radius 2 is 1.86 bits per heavy atom. The Morgan fingerprint density at radius 1 is 1.18 bits per heavy atom. The van der Waals surface area contributed by atoms with Crippen LogP contribution >= 0.6 is 34.8 Å². The molecule has 0 unspecified atom stereocenters. The van der Waals surface area contributed by atoms with E-state index < -0.39 is 21.3 Å². The van der Waals surface area contributed by atoms with E-state index in [0.717, 1.165) is 0 Å². The summed E-state index contributed by atoms with van der Waals surface area (Å²) in [7, 11) is 0. The average molecular weight is 361 g/mol. The molecule has 2 amide bonds. The smallest absolute Gasteiger partial charge is 0.305 e. The van der Waals surface area contributed by atoms with Gasteiger partial charge in [-0.1, -0.05) is 53.0 Å². The third-order valence-corrected chi connectivity index (χ3v) is 4.20. The molecular formula is C14H9Cl3FN3O. The molecule has 0 radical (unpaired) electrons. The summed E-state index contributed by atoms with van der Waals surface area (Å²) in [6.07, 6.45) is 6.67. The molecule has 1 aromatic carbocycles. The molecule has 22 heavy (non-hydrogen) atoms. The van der Waals surface area contributed by atoms with Crippen LogP contribution in [0.25, 0.3) is 0 Å². The zero-order valence-electron chi connectivity index (χ0n) is 10.9. The van der Waals surface area contributed by atoms with Crippen molar-refractivity contribution in [2.24, 2.45) is 4.99 Å². The lowest BCUT2D eigenvalue weighted by molar-refractivity contribution is 0.165. The predicted octanol–water partition coefficient (Wildman–Crippen LogP) is 3.86. The highest BCUT2D eigenvalue weighted by Gasteiger charge is 2.57. The second-order valence-corrected chi connectivity index (χ2v) is 6.97. The molecule has 8 heteroatoms. The summed E-state index contributed by atoms with van der Waals surface area (Å²) >= 11 is 18.6. The summed E-state index contributed by atoms with van der Waals surface area (Å²) in [6.45, 7) is 0. The van der Waals surface area contributed by atoms with Gasteiger partial charge in [0, 0.05) is 11.8 Å². The topological polar surface area (TPSA) is 44.7 Å². The second-order valence-electron chi connectivity index (χ2n) is 4.69. The fourth-order valence-corrected chi connectivity index (χ4v) is 3.17. The number of rotatable bonds is 1. The van der Waals surface area contributed by atoms with E-state index in [4.69, 9.17) is 34.8 Å². The highest BCUT2D eigenvalue weighted by molar-refractivity contribution is 6.68. The standard InChI is InChI=1S/C14H9Cl3FN3O/c15-14(16,17)13(9-4-6-10(18)7-5-9)20-12(22)19-11-3-1-2-8-21(11)13/h1-8H,(H,20,22)/t13-/m1/s1. The van der Waals surface area contributed by atoms with Gasteiger partial charge in [0.2, 0.25) is 3.79 Å². The summed E-state index contributed by atoms with van der Waals surface area (Å²) < 4.78 is 11.3. The Bertz CT molecular complexity index is 709. The van der Waals surface area contributed by atoms with Crippen LogP contribution in [0.1, 0.15) is 5.56 Å². The molecule has 0 aliphatic carbocycles. The average Bonchev–Trinajstić information content (AvgIpc) is 2.46. The lowest BCUT2D eigenvalue weighted by Gasteiger charge is -2.49. The molecule has 0 bridgehead atoms. The van der Waals surface area contributed by atoms with Crippen LogP contribution in [0, 0.1) is 5.82 Å². The Labute approximate surface area is 140 Å². The van der Waals surface area contributed by atoms with Gasteiger partial charge in [-0.15, -0.1) is 0 Å². The molecule has 0 aromatic heterocycles. The monoisotopic (exact) mass is 359 g/mol. The molecule has 3 rings (SSSR count). The number of benzene rings is 1. The van der Waals surface area contributed by atoms with Crippen LogP contribution in [-0.4, -0.2) is 20.6 Å². The van der Waals surface area contributed by atoms with Crippen molar-refractivity contribution in [1.29, 1.82) is 0 Å². The number of allylic oxidation sites excluding steroid dienone is 2. The molecule has 1 atom stereocenters. The number of urea groups is 1. The third kappa shape index (κ3) is 2.29. The number of aliphatic imine (C=N–C) groups is 1. The Hall–Kier alpha value is -1.56. The summed E-state index contributed by atoms with van der Waals surface area (Å²) in [5, 5.41) is 2.60. The number of nitrogens with zero attached hydrogens (tertiary/aromatic N) is 2. The van der Waals surface area contributed by atoms with Gasteiger partial charge in [0.05, 0.1) is 0 Å². The van der Waals surface area contributed by atoms with Crippen LogP contribution in [0.15, 0.2) is 53.7 Å². The number of alkyl halides is 3. The summed E-state index contributed by atoms with van der Waals surface area (Å²) in [5.74, 6) is -0.116. The Balaban J connectivity index is 2.25. The summed E-state index contributed by atoms with van der Waals surface area (Å²) in [5.41, 5.74) is -1.13. The third-order valence-electron chi connectivity index (χ3n) is 3.38. The summed E-state index contributed by atoms with van der Waals surface area (Å²) in [6, 6.07) is 4.71. The fourth-order valence-electron chi connectivity index (χ4n) is 2.43. The Kier molecular flexibility index (Phi) is 3.67. The van der Waals surface area contributed by atoms with Gasteiger partial charge in [-0.25, -0.2) is 9.18 Å². The number of halogens is 4. The van der Waals surface area contributed by atoms with E-state index in [-0.39, 0.29) is 0 Å². The minimum atomic E-state index is -1.95. The largest absolute Gasteiger partial charge is 0.345 e. The van der Waals surface area contributed by atoms with Crippen LogP contribution < -0.4 is 5.32 Å². The quantitative estimate of drug-likeness (QED) is 0.773.